The first-order chi connectivity index (χ1) is 15.5. The van der Waals surface area contributed by atoms with Gasteiger partial charge < -0.3 is 25.2 Å². The first kappa shape index (κ1) is 25.7. The molecule has 3 N–H and O–H groups in total. The minimum atomic E-state index is -1.13. The summed E-state index contributed by atoms with van der Waals surface area (Å²) in [5.41, 5.74) is 2.99. The number of carboxylic acids is 1. The average Bonchev–Trinajstić information content (AvgIpc) is 2.76. The Labute approximate surface area is 193 Å². The number of nitrogens with one attached hydrogen (secondary N) is 2. The molecular formula is C25H31FN2O5. The van der Waals surface area contributed by atoms with Gasteiger partial charge in [0.15, 0.2) is 0 Å². The topological polar surface area (TPSA) is 96.9 Å². The van der Waals surface area contributed by atoms with Crippen molar-refractivity contribution in [3.63, 3.8) is 0 Å². The van der Waals surface area contributed by atoms with E-state index in [-0.39, 0.29) is 6.04 Å². The van der Waals surface area contributed by atoms with Crippen LogP contribution in [0, 0.1) is 5.82 Å². The van der Waals surface area contributed by atoms with Crippen LogP contribution in [-0.4, -0.2) is 43.3 Å². The Kier molecular flexibility index (Phi) is 8.45. The molecule has 0 saturated heterocycles. The van der Waals surface area contributed by atoms with Gasteiger partial charge >= 0.3 is 5.97 Å². The van der Waals surface area contributed by atoms with E-state index in [1.807, 2.05) is 13.8 Å². The van der Waals surface area contributed by atoms with Gasteiger partial charge in [0.1, 0.15) is 23.4 Å². The van der Waals surface area contributed by atoms with Crippen molar-refractivity contribution in [1.82, 2.24) is 5.32 Å². The number of hydrogen-bond acceptors (Lipinski definition) is 5. The molecule has 8 heteroatoms. The van der Waals surface area contributed by atoms with Gasteiger partial charge in [0.05, 0.1) is 14.2 Å². The third-order valence-corrected chi connectivity index (χ3v) is 5.26. The molecule has 0 heterocycles. The summed E-state index contributed by atoms with van der Waals surface area (Å²) >= 11 is 0. The molecule has 0 aliphatic rings. The number of aliphatic carboxylic acids is 1. The van der Waals surface area contributed by atoms with Crippen molar-refractivity contribution >= 4 is 23.1 Å². The van der Waals surface area contributed by atoms with Crippen molar-refractivity contribution in [3.8, 4) is 22.6 Å². The zero-order valence-electron chi connectivity index (χ0n) is 20.0. The second kappa shape index (κ2) is 10.8. The summed E-state index contributed by atoms with van der Waals surface area (Å²) in [6.07, 6.45) is 0. The maximum atomic E-state index is 15.0. The van der Waals surface area contributed by atoms with Crippen LogP contribution in [0.2, 0.25) is 0 Å². The summed E-state index contributed by atoms with van der Waals surface area (Å²) in [5, 5.41) is 14.6. The summed E-state index contributed by atoms with van der Waals surface area (Å²) in [5.74, 6) is -1.23. The Hall–Kier alpha value is -3.55. The second-order valence-corrected chi connectivity index (χ2v) is 8.03. The molecule has 33 heavy (non-hydrogen) atoms. The summed E-state index contributed by atoms with van der Waals surface area (Å²) in [6, 6.07) is 7.37. The standard InChI is InChI=1S/C25H31FN2O5/c1-13(2)27-17-8-9-18(21(26)10-17)20-12-22(32-6)19(11-23(20)33-7)14(3)15(4)24(29)28-16(5)25(30)31/h8-13,16,27H,1-7H3,(H,28,29)(H,30,31)/b15-14+/t16-/m1/s1. The van der Waals surface area contributed by atoms with E-state index in [1.165, 1.54) is 27.2 Å². The van der Waals surface area contributed by atoms with Crippen LogP contribution < -0.4 is 20.1 Å². The van der Waals surface area contributed by atoms with Crippen LogP contribution in [0.3, 0.4) is 0 Å². The minimum absolute atomic E-state index is 0.165. The highest BCUT2D eigenvalue weighted by molar-refractivity contribution is 6.02. The van der Waals surface area contributed by atoms with Crippen LogP contribution in [0.15, 0.2) is 35.9 Å². The van der Waals surface area contributed by atoms with Crippen molar-refractivity contribution in [2.24, 2.45) is 0 Å². The highest BCUT2D eigenvalue weighted by Gasteiger charge is 2.21. The molecule has 7 nitrogen and oxygen atoms in total. The van der Waals surface area contributed by atoms with Crippen LogP contribution in [0.1, 0.15) is 40.2 Å². The SMILES string of the molecule is COc1cc(-c2ccc(NC(C)C)cc2F)c(OC)cc1/C(C)=C(\C)C(=O)N[C@H](C)C(=O)O. The number of halogens is 1. The monoisotopic (exact) mass is 458 g/mol. The number of hydrogen-bond donors (Lipinski definition) is 3. The molecule has 0 aromatic heterocycles. The number of rotatable bonds is 9. The number of anilines is 1. The number of benzene rings is 2. The van der Waals surface area contributed by atoms with Gasteiger partial charge in [0.25, 0.3) is 0 Å². The molecule has 2 aromatic carbocycles. The molecular weight excluding hydrogens is 427 g/mol. The van der Waals surface area contributed by atoms with Gasteiger partial charge in [-0.3, -0.25) is 9.59 Å². The van der Waals surface area contributed by atoms with E-state index in [0.29, 0.717) is 45.0 Å². The van der Waals surface area contributed by atoms with Gasteiger partial charge in [0.2, 0.25) is 5.91 Å². The van der Waals surface area contributed by atoms with Crippen LogP contribution >= 0.6 is 0 Å². The minimum Gasteiger partial charge on any atom is -0.496 e. The summed E-state index contributed by atoms with van der Waals surface area (Å²) in [4.78, 5) is 23.6. The quantitative estimate of drug-likeness (QED) is 0.471. The van der Waals surface area contributed by atoms with Crippen LogP contribution in [0.25, 0.3) is 16.7 Å². The molecule has 0 fully saturated rings. The molecule has 1 atom stereocenters. The van der Waals surface area contributed by atoms with E-state index in [1.54, 1.807) is 38.1 Å². The Morgan fingerprint density at radius 1 is 0.970 bits per heavy atom. The summed E-state index contributed by atoms with van der Waals surface area (Å²) < 4.78 is 26.1. The molecule has 2 aromatic rings. The molecule has 0 radical (unpaired) electrons. The zero-order valence-corrected chi connectivity index (χ0v) is 20.0. The Balaban J connectivity index is 2.55. The maximum Gasteiger partial charge on any atom is 0.325 e. The number of carboxylic acid groups (broad SMARTS) is 1. The first-order valence-corrected chi connectivity index (χ1v) is 10.5. The molecule has 0 spiro atoms. The Morgan fingerprint density at radius 3 is 2.12 bits per heavy atom. The average molecular weight is 459 g/mol. The number of allylic oxidation sites excluding steroid dienone is 1. The van der Waals surface area contributed by atoms with Crippen molar-refractivity contribution in [3.05, 3.63) is 47.3 Å². The fourth-order valence-corrected chi connectivity index (χ4v) is 3.30. The van der Waals surface area contributed by atoms with Gasteiger partial charge in [-0.1, -0.05) is 0 Å². The third kappa shape index (κ3) is 6.03. The van der Waals surface area contributed by atoms with Crippen LogP contribution in [0.4, 0.5) is 10.1 Å². The van der Waals surface area contributed by atoms with Crippen molar-refractivity contribution < 1.29 is 28.6 Å². The van der Waals surface area contributed by atoms with Gasteiger partial charge in [-0.05, 0) is 70.5 Å². The molecule has 178 valence electrons. The molecule has 0 saturated carbocycles. The highest BCUT2D eigenvalue weighted by Crippen LogP contribution is 2.40. The zero-order chi connectivity index (χ0) is 24.9. The van der Waals surface area contributed by atoms with Crippen LogP contribution in [-0.2, 0) is 9.59 Å². The largest absolute Gasteiger partial charge is 0.496 e. The Morgan fingerprint density at radius 2 is 1.61 bits per heavy atom. The smallest absolute Gasteiger partial charge is 0.325 e. The third-order valence-electron chi connectivity index (χ3n) is 5.26. The lowest BCUT2D eigenvalue weighted by molar-refractivity contribution is -0.140. The van der Waals surface area contributed by atoms with E-state index in [4.69, 9.17) is 14.6 Å². The van der Waals surface area contributed by atoms with E-state index in [2.05, 4.69) is 10.6 Å². The van der Waals surface area contributed by atoms with Gasteiger partial charge in [-0.25, -0.2) is 4.39 Å². The number of ether oxygens (including phenoxy) is 2. The lowest BCUT2D eigenvalue weighted by atomic mass is 9.95. The number of carbonyl (C=O) groups is 2. The fourth-order valence-electron chi connectivity index (χ4n) is 3.30. The van der Waals surface area contributed by atoms with E-state index < -0.39 is 23.7 Å². The second-order valence-electron chi connectivity index (χ2n) is 8.03. The summed E-state index contributed by atoms with van der Waals surface area (Å²) in [6.45, 7) is 8.65. The normalized spacial score (nSPS) is 12.6. The van der Waals surface area contributed by atoms with E-state index >= 15 is 0 Å². The van der Waals surface area contributed by atoms with Crippen molar-refractivity contribution in [1.29, 1.82) is 0 Å². The summed E-state index contributed by atoms with van der Waals surface area (Å²) in [7, 11) is 2.96. The fraction of sp³-hybridized carbons (Fsp3) is 0.360. The highest BCUT2D eigenvalue weighted by atomic mass is 19.1. The number of methoxy groups -OCH3 is 2. The van der Waals surface area contributed by atoms with Crippen molar-refractivity contribution in [2.75, 3.05) is 19.5 Å². The Bertz CT molecular complexity index is 1080. The number of carbonyl (C=O) groups excluding carboxylic acids is 1. The van der Waals surface area contributed by atoms with E-state index in [0.717, 1.165) is 0 Å². The predicted octanol–water partition coefficient (Wildman–Crippen LogP) is 4.71. The first-order valence-electron chi connectivity index (χ1n) is 10.5. The van der Waals surface area contributed by atoms with Crippen molar-refractivity contribution in [2.45, 2.75) is 46.7 Å². The lowest BCUT2D eigenvalue weighted by Crippen LogP contribution is -2.38. The van der Waals surface area contributed by atoms with Gasteiger partial charge in [-0.15, -0.1) is 0 Å². The molecule has 0 bridgehead atoms. The van der Waals surface area contributed by atoms with Gasteiger partial charge in [0, 0.05) is 34.0 Å². The number of amides is 1. The molecule has 2 rings (SSSR count). The molecule has 0 aliphatic heterocycles. The maximum absolute atomic E-state index is 15.0. The molecule has 1 amide bonds. The predicted molar refractivity (Wildman–Crippen MR) is 127 cm³/mol. The van der Waals surface area contributed by atoms with E-state index in [9.17, 15) is 14.0 Å². The molecule has 0 unspecified atom stereocenters. The van der Waals surface area contributed by atoms with Crippen LogP contribution in [0.5, 0.6) is 11.5 Å². The lowest BCUT2D eigenvalue weighted by Gasteiger charge is -2.18. The van der Waals surface area contributed by atoms with Gasteiger partial charge in [-0.2, -0.15) is 0 Å². The molecule has 0 aliphatic carbocycles.